The third kappa shape index (κ3) is 5.63. The number of carbonyl (C=O) groups is 1. The number of hydrogen-bond donors (Lipinski definition) is 2. The molecule has 0 atom stereocenters. The monoisotopic (exact) mass is 395 g/mol. The molecular weight excluding hydrogens is 369 g/mol. The normalized spacial score (nSPS) is 13.1. The van der Waals surface area contributed by atoms with E-state index in [1.165, 1.54) is 11.1 Å². The first kappa shape index (κ1) is 22.3. The summed E-state index contributed by atoms with van der Waals surface area (Å²) in [6.45, 7) is 5.73. The molecule has 0 spiro atoms. The van der Waals surface area contributed by atoms with Gasteiger partial charge >= 0.3 is 0 Å². The van der Waals surface area contributed by atoms with Gasteiger partial charge in [0.05, 0.1) is 0 Å². The molecule has 2 aromatic carbocycles. The van der Waals surface area contributed by atoms with Crippen molar-refractivity contribution in [2.75, 3.05) is 25.4 Å². The third-order valence-electron chi connectivity index (χ3n) is 4.65. The molecule has 0 aromatic heterocycles. The molecular formula is C20H27Cl2N3O. The Labute approximate surface area is 168 Å². The van der Waals surface area contributed by atoms with E-state index in [1.54, 1.807) is 6.07 Å². The lowest BCUT2D eigenvalue weighted by Gasteiger charge is -2.28. The largest absolute Gasteiger partial charge is 0.399 e. The Morgan fingerprint density at radius 2 is 1.88 bits per heavy atom. The number of anilines is 1. The van der Waals surface area contributed by atoms with Gasteiger partial charge in [-0.15, -0.1) is 24.8 Å². The van der Waals surface area contributed by atoms with Crippen LogP contribution in [0.25, 0.3) is 0 Å². The molecule has 26 heavy (non-hydrogen) atoms. The van der Waals surface area contributed by atoms with Gasteiger partial charge in [0.1, 0.15) is 0 Å². The van der Waals surface area contributed by atoms with Crippen LogP contribution in [0.2, 0.25) is 0 Å². The Hall–Kier alpha value is -1.75. The summed E-state index contributed by atoms with van der Waals surface area (Å²) in [5, 5.41) is 3.00. The number of nitrogens with zero attached hydrogens (tertiary/aromatic N) is 1. The van der Waals surface area contributed by atoms with Gasteiger partial charge in [-0.1, -0.05) is 30.3 Å². The van der Waals surface area contributed by atoms with E-state index in [0.717, 1.165) is 38.0 Å². The lowest BCUT2D eigenvalue weighted by molar-refractivity contribution is 0.0950. The minimum absolute atomic E-state index is 0. The molecule has 0 saturated carbocycles. The number of nitrogen functional groups attached to an aromatic ring is 1. The van der Waals surface area contributed by atoms with Crippen LogP contribution in [-0.4, -0.2) is 30.4 Å². The maximum Gasteiger partial charge on any atom is 0.251 e. The fourth-order valence-corrected chi connectivity index (χ4v) is 3.23. The third-order valence-corrected chi connectivity index (χ3v) is 4.65. The Balaban J connectivity index is 0.00000169. The summed E-state index contributed by atoms with van der Waals surface area (Å²) in [4.78, 5) is 14.7. The van der Waals surface area contributed by atoms with Crippen molar-refractivity contribution in [3.05, 3.63) is 64.7 Å². The van der Waals surface area contributed by atoms with E-state index in [4.69, 9.17) is 5.73 Å². The molecule has 1 aliphatic heterocycles. The predicted octanol–water partition coefficient (Wildman–Crippen LogP) is 3.60. The van der Waals surface area contributed by atoms with Crippen molar-refractivity contribution in [3.8, 4) is 0 Å². The van der Waals surface area contributed by atoms with E-state index in [0.29, 0.717) is 17.8 Å². The zero-order valence-electron chi connectivity index (χ0n) is 15.0. The molecule has 0 saturated heterocycles. The van der Waals surface area contributed by atoms with Gasteiger partial charge in [-0.25, -0.2) is 0 Å². The number of benzene rings is 2. The van der Waals surface area contributed by atoms with Crippen LogP contribution < -0.4 is 11.1 Å². The Kier molecular flexibility index (Phi) is 8.93. The van der Waals surface area contributed by atoms with Crippen LogP contribution in [-0.2, 0) is 13.0 Å². The summed E-state index contributed by atoms with van der Waals surface area (Å²) in [5.74, 6) is -0.0382. The maximum absolute atomic E-state index is 12.3. The minimum atomic E-state index is -0.0382. The lowest BCUT2D eigenvalue weighted by Crippen LogP contribution is -2.33. The number of halogens is 2. The molecule has 0 bridgehead atoms. The zero-order chi connectivity index (χ0) is 16.9. The van der Waals surface area contributed by atoms with Crippen molar-refractivity contribution >= 4 is 36.4 Å². The molecule has 3 N–H and O–H groups in total. The molecule has 2 aromatic rings. The van der Waals surface area contributed by atoms with Gasteiger partial charge in [0.15, 0.2) is 0 Å². The molecule has 1 heterocycles. The molecule has 0 fully saturated rings. The molecule has 6 heteroatoms. The van der Waals surface area contributed by atoms with Crippen LogP contribution in [0.15, 0.2) is 42.5 Å². The topological polar surface area (TPSA) is 58.4 Å². The van der Waals surface area contributed by atoms with E-state index in [-0.39, 0.29) is 30.7 Å². The molecule has 0 aliphatic carbocycles. The van der Waals surface area contributed by atoms with Gasteiger partial charge in [-0.2, -0.15) is 0 Å². The number of rotatable bonds is 5. The first-order valence-corrected chi connectivity index (χ1v) is 8.57. The van der Waals surface area contributed by atoms with Gasteiger partial charge in [-0.05, 0) is 48.6 Å². The van der Waals surface area contributed by atoms with Crippen LogP contribution in [0.5, 0.6) is 0 Å². The van der Waals surface area contributed by atoms with Crippen molar-refractivity contribution in [2.45, 2.75) is 26.3 Å². The highest BCUT2D eigenvalue weighted by atomic mass is 35.5. The Bertz CT molecular complexity index is 737. The smallest absolute Gasteiger partial charge is 0.251 e. The average molecular weight is 396 g/mol. The van der Waals surface area contributed by atoms with Crippen LogP contribution in [0, 0.1) is 6.92 Å². The SMILES string of the molecule is Cc1ccc(N)cc1C(=O)NCCCN1CCc2ccccc2C1.Cl.Cl. The molecule has 142 valence electrons. The lowest BCUT2D eigenvalue weighted by atomic mass is 10.00. The Morgan fingerprint density at radius 1 is 1.15 bits per heavy atom. The number of hydrogen-bond acceptors (Lipinski definition) is 3. The number of carbonyl (C=O) groups excluding carboxylic acids is 1. The van der Waals surface area contributed by atoms with Crippen molar-refractivity contribution in [3.63, 3.8) is 0 Å². The molecule has 4 nitrogen and oxygen atoms in total. The molecule has 0 unspecified atom stereocenters. The number of nitrogens with two attached hydrogens (primary N) is 1. The summed E-state index contributed by atoms with van der Waals surface area (Å²) in [5.41, 5.74) is 10.9. The van der Waals surface area contributed by atoms with Gasteiger partial charge in [0.2, 0.25) is 0 Å². The first-order chi connectivity index (χ1) is 11.6. The number of nitrogens with one attached hydrogen (secondary N) is 1. The van der Waals surface area contributed by atoms with Gasteiger partial charge in [0.25, 0.3) is 5.91 Å². The summed E-state index contributed by atoms with van der Waals surface area (Å²) in [6, 6.07) is 14.1. The maximum atomic E-state index is 12.3. The molecule has 3 rings (SSSR count). The zero-order valence-corrected chi connectivity index (χ0v) is 16.7. The summed E-state index contributed by atoms with van der Waals surface area (Å²) < 4.78 is 0. The van der Waals surface area contributed by atoms with Crippen molar-refractivity contribution in [1.82, 2.24) is 10.2 Å². The highest BCUT2D eigenvalue weighted by Gasteiger charge is 2.15. The van der Waals surface area contributed by atoms with E-state index >= 15 is 0 Å². The predicted molar refractivity (Wildman–Crippen MR) is 112 cm³/mol. The second kappa shape index (κ2) is 10.4. The van der Waals surface area contributed by atoms with Crippen molar-refractivity contribution in [1.29, 1.82) is 0 Å². The quantitative estimate of drug-likeness (QED) is 0.600. The first-order valence-electron chi connectivity index (χ1n) is 8.57. The molecule has 1 amide bonds. The minimum Gasteiger partial charge on any atom is -0.399 e. The summed E-state index contributed by atoms with van der Waals surface area (Å²) in [6.07, 6.45) is 2.07. The highest BCUT2D eigenvalue weighted by molar-refractivity contribution is 5.96. The van der Waals surface area contributed by atoms with Gasteiger partial charge in [-0.3, -0.25) is 9.69 Å². The van der Waals surface area contributed by atoms with Crippen LogP contribution in [0.1, 0.15) is 33.5 Å². The second-order valence-electron chi connectivity index (χ2n) is 6.48. The number of fused-ring (bicyclic) bond motifs is 1. The average Bonchev–Trinajstić information content (AvgIpc) is 2.60. The fourth-order valence-electron chi connectivity index (χ4n) is 3.23. The second-order valence-corrected chi connectivity index (χ2v) is 6.48. The standard InChI is InChI=1S/C20H25N3O.2ClH/c1-15-7-8-18(21)13-19(15)20(24)22-10-4-11-23-12-9-16-5-2-3-6-17(16)14-23;;/h2-3,5-8,13H,4,9-12,14,21H2,1H3,(H,22,24);2*1H. The van der Waals surface area contributed by atoms with E-state index in [2.05, 4.69) is 34.5 Å². The molecule has 1 aliphatic rings. The summed E-state index contributed by atoms with van der Waals surface area (Å²) >= 11 is 0. The highest BCUT2D eigenvalue weighted by Crippen LogP contribution is 2.18. The fraction of sp³-hybridized carbons (Fsp3) is 0.350. The van der Waals surface area contributed by atoms with Crippen molar-refractivity contribution < 1.29 is 4.79 Å². The van der Waals surface area contributed by atoms with Gasteiger partial charge < -0.3 is 11.1 Å². The number of amides is 1. The van der Waals surface area contributed by atoms with E-state index in [9.17, 15) is 4.79 Å². The van der Waals surface area contributed by atoms with E-state index < -0.39 is 0 Å². The summed E-state index contributed by atoms with van der Waals surface area (Å²) in [7, 11) is 0. The number of aryl methyl sites for hydroxylation is 1. The van der Waals surface area contributed by atoms with Gasteiger partial charge in [0, 0.05) is 37.4 Å². The van der Waals surface area contributed by atoms with E-state index in [1.807, 2.05) is 19.1 Å². The van der Waals surface area contributed by atoms with Crippen molar-refractivity contribution in [2.24, 2.45) is 0 Å². The van der Waals surface area contributed by atoms with Crippen LogP contribution in [0.4, 0.5) is 5.69 Å². The Morgan fingerprint density at radius 3 is 2.65 bits per heavy atom. The molecule has 0 radical (unpaired) electrons. The van der Waals surface area contributed by atoms with Crippen LogP contribution >= 0.6 is 24.8 Å². The van der Waals surface area contributed by atoms with Crippen LogP contribution in [0.3, 0.4) is 0 Å².